The van der Waals surface area contributed by atoms with E-state index >= 15 is 0 Å². The van der Waals surface area contributed by atoms with Gasteiger partial charge in [0.2, 0.25) is 5.78 Å². The maximum Gasteiger partial charge on any atom is 0.283 e. The predicted molar refractivity (Wildman–Crippen MR) is 114 cm³/mol. The third-order valence-electron chi connectivity index (χ3n) is 6.99. The first-order valence-corrected chi connectivity index (χ1v) is 12.2. The minimum absolute atomic E-state index is 0.0334. The number of benzene rings is 1. The second-order valence-electron chi connectivity index (χ2n) is 9.08. The van der Waals surface area contributed by atoms with E-state index in [0.717, 1.165) is 37.1 Å². The Labute approximate surface area is 179 Å². The van der Waals surface area contributed by atoms with Crippen LogP contribution < -0.4 is 10.7 Å². The van der Waals surface area contributed by atoms with Crippen LogP contribution in [-0.4, -0.2) is 44.5 Å². The molecule has 2 saturated carbocycles. The molecule has 162 valence electrons. The highest BCUT2D eigenvalue weighted by atomic mass is 32.2. The molecular weight excluding hydrogens is 416 g/mol. The van der Waals surface area contributed by atoms with Crippen molar-refractivity contribution in [2.24, 2.45) is 17.0 Å². The summed E-state index contributed by atoms with van der Waals surface area (Å²) in [6.45, 7) is 1.14. The zero-order valence-corrected chi connectivity index (χ0v) is 17.8. The van der Waals surface area contributed by atoms with E-state index in [4.69, 9.17) is 10.1 Å². The normalized spacial score (nSPS) is 26.2. The number of hydrogen-bond acceptors (Lipinski definition) is 5. The van der Waals surface area contributed by atoms with Gasteiger partial charge in [-0.3, -0.25) is 4.79 Å². The quantitative estimate of drug-likeness (QED) is 0.643. The fourth-order valence-corrected chi connectivity index (χ4v) is 6.28. The van der Waals surface area contributed by atoms with Crippen molar-refractivity contribution in [3.8, 4) is 11.1 Å². The summed E-state index contributed by atoms with van der Waals surface area (Å²) in [5, 5.41) is 9.93. The molecule has 3 aliphatic rings. The number of hydrogen-bond donors (Lipinski definition) is 1. The summed E-state index contributed by atoms with van der Waals surface area (Å²) in [7, 11) is -3.65. The van der Waals surface area contributed by atoms with Gasteiger partial charge >= 0.3 is 0 Å². The van der Waals surface area contributed by atoms with Gasteiger partial charge in [-0.1, -0.05) is 30.3 Å². The molecule has 1 saturated heterocycles. The van der Waals surface area contributed by atoms with Crippen LogP contribution in [0.25, 0.3) is 16.9 Å². The molecule has 6 rings (SSSR count). The van der Waals surface area contributed by atoms with Crippen LogP contribution in [0.15, 0.2) is 41.3 Å². The number of nitrogens with zero attached hydrogens (tertiary/aromatic N) is 5. The van der Waals surface area contributed by atoms with E-state index in [0.29, 0.717) is 36.3 Å². The topological polar surface area (TPSA) is 116 Å². The summed E-state index contributed by atoms with van der Waals surface area (Å²) in [6.07, 6.45) is 5.62. The largest absolute Gasteiger partial charge is 0.316 e. The fourth-order valence-electron chi connectivity index (χ4n) is 5.30. The molecule has 2 N–H and O–H groups in total. The first-order valence-electron chi connectivity index (χ1n) is 10.7. The lowest BCUT2D eigenvalue weighted by atomic mass is 9.95. The van der Waals surface area contributed by atoms with Crippen molar-refractivity contribution in [2.75, 3.05) is 6.54 Å². The lowest BCUT2D eigenvalue weighted by Gasteiger charge is -2.29. The van der Waals surface area contributed by atoms with Crippen molar-refractivity contribution in [2.45, 2.75) is 44.2 Å². The molecule has 0 amide bonds. The maximum atomic E-state index is 13.2. The van der Waals surface area contributed by atoms with Crippen molar-refractivity contribution in [3.05, 3.63) is 52.7 Å². The fraction of sp³-hybridized carbons (Fsp3) is 0.476. The second kappa shape index (κ2) is 6.72. The van der Waals surface area contributed by atoms with Crippen LogP contribution in [-0.2, 0) is 16.8 Å². The Morgan fingerprint density at radius 3 is 2.55 bits per heavy atom. The van der Waals surface area contributed by atoms with Crippen molar-refractivity contribution in [1.82, 2.24) is 23.5 Å². The Hall–Kier alpha value is -2.56. The number of fused-ring (bicyclic) bond motifs is 3. The van der Waals surface area contributed by atoms with Gasteiger partial charge in [0.15, 0.2) is 5.82 Å². The summed E-state index contributed by atoms with van der Waals surface area (Å²) in [4.78, 5) is 17.9. The van der Waals surface area contributed by atoms with Crippen LogP contribution in [0.5, 0.6) is 0 Å². The van der Waals surface area contributed by atoms with Crippen LogP contribution in [0.3, 0.4) is 0 Å². The second-order valence-corrected chi connectivity index (χ2v) is 10.6. The van der Waals surface area contributed by atoms with E-state index in [1.807, 2.05) is 41.1 Å². The lowest BCUT2D eigenvalue weighted by molar-refractivity contribution is 0.242. The van der Waals surface area contributed by atoms with Gasteiger partial charge in [-0.25, -0.2) is 5.14 Å². The van der Waals surface area contributed by atoms with Crippen molar-refractivity contribution in [1.29, 1.82) is 0 Å². The van der Waals surface area contributed by atoms with Gasteiger partial charge < -0.3 is 4.57 Å². The molecule has 2 bridgehead atoms. The molecule has 9 nitrogen and oxygen atoms in total. The van der Waals surface area contributed by atoms with Crippen molar-refractivity contribution < 1.29 is 8.42 Å². The monoisotopic (exact) mass is 440 g/mol. The third kappa shape index (κ3) is 3.20. The van der Waals surface area contributed by atoms with Gasteiger partial charge in [0.05, 0.1) is 5.56 Å². The van der Waals surface area contributed by atoms with E-state index < -0.39 is 10.2 Å². The summed E-state index contributed by atoms with van der Waals surface area (Å²) in [5.41, 5.74) is 1.28. The minimum Gasteiger partial charge on any atom is -0.316 e. The highest BCUT2D eigenvalue weighted by Crippen LogP contribution is 2.44. The summed E-state index contributed by atoms with van der Waals surface area (Å²) < 4.78 is 28.6. The van der Waals surface area contributed by atoms with Crippen LogP contribution in [0.4, 0.5) is 0 Å². The first kappa shape index (κ1) is 19.1. The lowest BCUT2D eigenvalue weighted by Crippen LogP contribution is -2.44. The first-order chi connectivity index (χ1) is 14.9. The summed E-state index contributed by atoms with van der Waals surface area (Å²) in [6, 6.07) is 9.57. The van der Waals surface area contributed by atoms with E-state index in [1.165, 1.54) is 8.82 Å². The zero-order valence-electron chi connectivity index (χ0n) is 17.0. The number of rotatable bonds is 5. The maximum absolute atomic E-state index is 13.2. The van der Waals surface area contributed by atoms with E-state index in [9.17, 15) is 13.2 Å². The number of nitrogens with two attached hydrogens (primary N) is 1. The molecule has 2 aromatic heterocycles. The predicted octanol–water partition coefficient (Wildman–Crippen LogP) is 1.35. The Morgan fingerprint density at radius 2 is 1.90 bits per heavy atom. The molecule has 1 aliphatic heterocycles. The average Bonchev–Trinajstić information content (AvgIpc) is 3.18. The molecule has 0 unspecified atom stereocenters. The van der Waals surface area contributed by atoms with Gasteiger partial charge in [-0.15, -0.1) is 5.10 Å². The Kier molecular flexibility index (Phi) is 4.15. The Bertz CT molecular complexity index is 1330. The number of aromatic nitrogens is 4. The average molecular weight is 441 g/mol. The minimum atomic E-state index is -3.65. The Balaban J connectivity index is 1.40. The highest BCUT2D eigenvalue weighted by Gasteiger charge is 2.48. The molecule has 1 aromatic carbocycles. The molecule has 3 heterocycles. The molecule has 3 atom stereocenters. The molecule has 3 aromatic rings. The molecule has 10 heteroatoms. The smallest absolute Gasteiger partial charge is 0.283 e. The van der Waals surface area contributed by atoms with E-state index in [2.05, 4.69) is 5.10 Å². The summed E-state index contributed by atoms with van der Waals surface area (Å²) >= 11 is 0. The SMILES string of the molecule is NS(=O)(=O)N1C[C@@H]2C[C@H]1C[C@H]2Cn1cc(-c2ccccc2)c(=O)n2nc(C3CC3)nc12. The van der Waals surface area contributed by atoms with Gasteiger partial charge in [-0.2, -0.15) is 22.2 Å². The Morgan fingerprint density at radius 1 is 1.13 bits per heavy atom. The van der Waals surface area contributed by atoms with Crippen LogP contribution in [0.1, 0.15) is 37.4 Å². The van der Waals surface area contributed by atoms with Gasteiger partial charge in [0.1, 0.15) is 0 Å². The molecule has 3 fully saturated rings. The van der Waals surface area contributed by atoms with E-state index in [1.54, 1.807) is 0 Å². The molecule has 31 heavy (non-hydrogen) atoms. The van der Waals surface area contributed by atoms with Crippen molar-refractivity contribution in [3.63, 3.8) is 0 Å². The number of piperidine rings is 1. The molecule has 0 spiro atoms. The highest BCUT2D eigenvalue weighted by molar-refractivity contribution is 7.86. The molecular formula is C21H24N6O3S. The zero-order chi connectivity index (χ0) is 21.3. The third-order valence-corrected chi connectivity index (χ3v) is 8.10. The van der Waals surface area contributed by atoms with Gasteiger partial charge in [0.25, 0.3) is 15.8 Å². The van der Waals surface area contributed by atoms with Crippen molar-refractivity contribution >= 4 is 16.0 Å². The van der Waals surface area contributed by atoms with Gasteiger partial charge in [-0.05, 0) is 43.1 Å². The van der Waals surface area contributed by atoms with E-state index in [-0.39, 0.29) is 17.5 Å². The van der Waals surface area contributed by atoms with Crippen LogP contribution in [0, 0.1) is 11.8 Å². The van der Waals surface area contributed by atoms with Gasteiger partial charge in [0, 0.05) is 31.2 Å². The standard InChI is InChI=1S/C21H24N6O3S/c22-31(29,30)26-11-16-9-17(26)8-15(16)10-25-12-18(13-4-2-1-3-5-13)20(28)27-21(25)23-19(24-27)14-6-7-14/h1-5,12,14-17H,6-11H2,(H2,22,29,30)/t15-,16-,17+/m0/s1. The van der Waals surface area contributed by atoms with Crippen LogP contribution in [0.2, 0.25) is 0 Å². The molecule has 2 aliphatic carbocycles. The summed E-state index contributed by atoms with van der Waals surface area (Å²) in [5.74, 6) is 2.22. The molecule has 0 radical (unpaired) electrons. The van der Waals surface area contributed by atoms with Crippen LogP contribution >= 0.6 is 0 Å².